The van der Waals surface area contributed by atoms with Crippen LogP contribution in [0.15, 0.2) is 83.8 Å². The predicted molar refractivity (Wildman–Crippen MR) is 135 cm³/mol. The van der Waals surface area contributed by atoms with Crippen molar-refractivity contribution in [1.82, 2.24) is 9.62 Å². The van der Waals surface area contributed by atoms with Crippen LogP contribution in [0.5, 0.6) is 0 Å². The average molecular weight is 483 g/mol. The molecule has 1 aliphatic rings. The second-order valence-electron chi connectivity index (χ2n) is 8.67. The van der Waals surface area contributed by atoms with Crippen molar-refractivity contribution in [2.45, 2.75) is 10.9 Å². The average Bonchev–Trinajstić information content (AvgIpc) is 2.85. The van der Waals surface area contributed by atoms with E-state index in [1.807, 2.05) is 37.2 Å². The second kappa shape index (κ2) is 10.5. The molecule has 0 radical (unpaired) electrons. The summed E-state index contributed by atoms with van der Waals surface area (Å²) in [7, 11) is 0.228. The van der Waals surface area contributed by atoms with E-state index in [1.165, 1.54) is 17.8 Å². The summed E-state index contributed by atoms with van der Waals surface area (Å²) < 4.78 is 41.8. The van der Waals surface area contributed by atoms with Gasteiger partial charge in [0.25, 0.3) is 0 Å². The predicted octanol–water partition coefficient (Wildman–Crippen LogP) is 3.73. The summed E-state index contributed by atoms with van der Waals surface area (Å²) in [6.45, 7) is 3.58. The molecule has 0 aromatic heterocycles. The highest BCUT2D eigenvalue weighted by atomic mass is 32.2. The first-order chi connectivity index (χ1) is 16.3. The molecule has 34 heavy (non-hydrogen) atoms. The molecule has 180 valence electrons. The van der Waals surface area contributed by atoms with Crippen LogP contribution >= 0.6 is 0 Å². The van der Waals surface area contributed by atoms with E-state index in [4.69, 9.17) is 0 Å². The first-order valence-corrected chi connectivity index (χ1v) is 12.9. The quantitative estimate of drug-likeness (QED) is 0.530. The van der Waals surface area contributed by atoms with Crippen molar-refractivity contribution >= 4 is 21.4 Å². The molecule has 1 unspecified atom stereocenters. The number of piperazine rings is 1. The van der Waals surface area contributed by atoms with Gasteiger partial charge in [-0.1, -0.05) is 30.3 Å². The normalized spacial score (nSPS) is 15.8. The van der Waals surface area contributed by atoms with E-state index < -0.39 is 15.8 Å². The van der Waals surface area contributed by atoms with Gasteiger partial charge in [0.2, 0.25) is 10.0 Å². The van der Waals surface area contributed by atoms with E-state index in [1.54, 1.807) is 0 Å². The fourth-order valence-electron chi connectivity index (χ4n) is 4.27. The summed E-state index contributed by atoms with van der Waals surface area (Å²) in [6, 6.07) is 23.3. The van der Waals surface area contributed by atoms with E-state index in [0.717, 1.165) is 49.6 Å². The molecule has 0 amide bonds. The number of anilines is 2. The molecule has 1 fully saturated rings. The van der Waals surface area contributed by atoms with Crippen LogP contribution in [0.25, 0.3) is 0 Å². The third-order valence-corrected chi connectivity index (χ3v) is 7.70. The highest BCUT2D eigenvalue weighted by molar-refractivity contribution is 7.89. The molecule has 6 nitrogen and oxygen atoms in total. The zero-order valence-corrected chi connectivity index (χ0v) is 20.4. The number of nitrogens with one attached hydrogen (secondary N) is 1. The summed E-state index contributed by atoms with van der Waals surface area (Å²) >= 11 is 0. The number of halogens is 1. The van der Waals surface area contributed by atoms with Crippen LogP contribution in [0, 0.1) is 5.82 Å². The molecule has 3 aromatic carbocycles. The third-order valence-electron chi connectivity index (χ3n) is 6.26. The van der Waals surface area contributed by atoms with Crippen LogP contribution in [0.3, 0.4) is 0 Å². The number of sulfonamides is 1. The topological polar surface area (TPSA) is 55.9 Å². The zero-order chi connectivity index (χ0) is 24.1. The van der Waals surface area contributed by atoms with E-state index in [9.17, 15) is 12.8 Å². The minimum absolute atomic E-state index is 0.0597. The van der Waals surface area contributed by atoms with Crippen LogP contribution in [0.2, 0.25) is 0 Å². The van der Waals surface area contributed by atoms with E-state index in [2.05, 4.69) is 50.9 Å². The fraction of sp³-hybridized carbons (Fsp3) is 0.308. The van der Waals surface area contributed by atoms with Crippen molar-refractivity contribution < 1.29 is 12.8 Å². The SMILES string of the molecule is CN(C)c1ccc(C(CNS(=O)(=O)c2ccc(F)cc2)N2CCN(c3ccccc3)CC2)cc1. The van der Waals surface area contributed by atoms with Crippen molar-refractivity contribution in [2.75, 3.05) is 56.6 Å². The maximum Gasteiger partial charge on any atom is 0.240 e. The van der Waals surface area contributed by atoms with Crippen molar-refractivity contribution in [3.05, 3.63) is 90.2 Å². The van der Waals surface area contributed by atoms with E-state index in [0.29, 0.717) is 0 Å². The van der Waals surface area contributed by atoms with Gasteiger partial charge in [-0.2, -0.15) is 0 Å². The van der Waals surface area contributed by atoms with Crippen LogP contribution in [0.4, 0.5) is 15.8 Å². The molecule has 1 N–H and O–H groups in total. The standard InChI is InChI=1S/C26H31FN4O2S/c1-29(2)23-12-8-21(9-13-23)26(20-28-34(32,33)25-14-10-22(27)11-15-25)31-18-16-30(17-19-31)24-6-4-3-5-7-24/h3-15,26,28H,16-20H2,1-2H3. The lowest BCUT2D eigenvalue weighted by molar-refractivity contribution is 0.187. The third kappa shape index (κ3) is 5.75. The lowest BCUT2D eigenvalue weighted by Crippen LogP contribution is -2.49. The molecule has 1 aliphatic heterocycles. The number of nitrogens with zero attached hydrogens (tertiary/aromatic N) is 3. The summed E-state index contributed by atoms with van der Waals surface area (Å²) in [5.74, 6) is -0.464. The van der Waals surface area contributed by atoms with Crippen molar-refractivity contribution in [3.63, 3.8) is 0 Å². The Labute approximate surface area is 201 Å². The molecule has 8 heteroatoms. The van der Waals surface area contributed by atoms with Crippen molar-refractivity contribution in [3.8, 4) is 0 Å². The first-order valence-electron chi connectivity index (χ1n) is 11.4. The fourth-order valence-corrected chi connectivity index (χ4v) is 5.31. The molecular weight excluding hydrogens is 451 g/mol. The molecule has 4 rings (SSSR count). The maximum absolute atomic E-state index is 13.3. The largest absolute Gasteiger partial charge is 0.378 e. The number of rotatable bonds is 8. The van der Waals surface area contributed by atoms with Gasteiger partial charge in [-0.05, 0) is 54.1 Å². The highest BCUT2D eigenvalue weighted by Gasteiger charge is 2.27. The molecule has 0 spiro atoms. The van der Waals surface area contributed by atoms with Gasteiger partial charge in [-0.3, -0.25) is 4.90 Å². The van der Waals surface area contributed by atoms with Gasteiger partial charge in [0.05, 0.1) is 4.90 Å². The second-order valence-corrected chi connectivity index (χ2v) is 10.4. The Kier molecular flexibility index (Phi) is 7.50. The van der Waals surface area contributed by atoms with Crippen LogP contribution in [-0.4, -0.2) is 60.1 Å². The number of para-hydroxylation sites is 1. The Bertz CT molecular complexity index is 1160. The summed E-state index contributed by atoms with van der Waals surface area (Å²) in [6.07, 6.45) is 0. The Balaban J connectivity index is 1.52. The molecular formula is C26H31FN4O2S. The van der Waals surface area contributed by atoms with E-state index >= 15 is 0 Å². The Hall–Kier alpha value is -2.94. The van der Waals surface area contributed by atoms with Crippen LogP contribution in [0.1, 0.15) is 11.6 Å². The highest BCUT2D eigenvalue weighted by Crippen LogP contribution is 2.26. The summed E-state index contributed by atoms with van der Waals surface area (Å²) in [5, 5.41) is 0. The molecule has 1 atom stereocenters. The first kappa shape index (κ1) is 24.2. The number of hydrogen-bond donors (Lipinski definition) is 1. The Morgan fingerprint density at radius 3 is 2.09 bits per heavy atom. The zero-order valence-electron chi connectivity index (χ0n) is 19.6. The Morgan fingerprint density at radius 1 is 0.882 bits per heavy atom. The summed E-state index contributed by atoms with van der Waals surface area (Å²) in [5.41, 5.74) is 3.34. The molecule has 0 saturated carbocycles. The Morgan fingerprint density at radius 2 is 1.50 bits per heavy atom. The molecule has 0 aliphatic carbocycles. The van der Waals surface area contributed by atoms with Gasteiger partial charge in [-0.15, -0.1) is 0 Å². The minimum Gasteiger partial charge on any atom is -0.378 e. The lowest BCUT2D eigenvalue weighted by Gasteiger charge is -2.40. The van der Waals surface area contributed by atoms with Crippen LogP contribution in [-0.2, 0) is 10.0 Å². The smallest absolute Gasteiger partial charge is 0.240 e. The van der Waals surface area contributed by atoms with Crippen molar-refractivity contribution in [2.24, 2.45) is 0 Å². The monoisotopic (exact) mass is 482 g/mol. The van der Waals surface area contributed by atoms with Gasteiger partial charge in [0.15, 0.2) is 0 Å². The maximum atomic E-state index is 13.3. The number of benzene rings is 3. The molecule has 1 saturated heterocycles. The van der Waals surface area contributed by atoms with Crippen LogP contribution < -0.4 is 14.5 Å². The van der Waals surface area contributed by atoms with Crippen molar-refractivity contribution in [1.29, 1.82) is 0 Å². The molecule has 0 bridgehead atoms. The van der Waals surface area contributed by atoms with E-state index in [-0.39, 0.29) is 17.5 Å². The van der Waals surface area contributed by atoms with Gasteiger partial charge < -0.3 is 9.80 Å². The molecule has 3 aromatic rings. The van der Waals surface area contributed by atoms with Gasteiger partial charge in [0, 0.05) is 64.2 Å². The number of hydrogen-bond acceptors (Lipinski definition) is 5. The van der Waals surface area contributed by atoms with Gasteiger partial charge >= 0.3 is 0 Å². The van der Waals surface area contributed by atoms with Gasteiger partial charge in [-0.25, -0.2) is 17.5 Å². The minimum atomic E-state index is -3.76. The molecule has 1 heterocycles. The van der Waals surface area contributed by atoms with Gasteiger partial charge in [0.1, 0.15) is 5.82 Å². The summed E-state index contributed by atoms with van der Waals surface area (Å²) in [4.78, 5) is 6.78. The lowest BCUT2D eigenvalue weighted by atomic mass is 10.0.